The van der Waals surface area contributed by atoms with Crippen LogP contribution in [0.2, 0.25) is 5.02 Å². The molecule has 9 heteroatoms. The smallest absolute Gasteiger partial charge is 0.279 e. The highest BCUT2D eigenvalue weighted by Gasteiger charge is 2.22. The van der Waals surface area contributed by atoms with Gasteiger partial charge in [0.25, 0.3) is 11.1 Å². The van der Waals surface area contributed by atoms with E-state index in [1.807, 2.05) is 25.1 Å². The van der Waals surface area contributed by atoms with Crippen molar-refractivity contribution in [3.05, 3.63) is 70.0 Å². The van der Waals surface area contributed by atoms with Crippen LogP contribution in [0.3, 0.4) is 0 Å². The van der Waals surface area contributed by atoms with Crippen molar-refractivity contribution >= 4 is 34.9 Å². The van der Waals surface area contributed by atoms with E-state index < -0.39 is 0 Å². The summed E-state index contributed by atoms with van der Waals surface area (Å²) in [5, 5.41) is 13.0. The SMILES string of the molecule is C[C@@H](C=Cc1cnc(Oc2ccc(OCC3CC3)cc2Cl)s1)NC(=O)c1ccnc(CO)c1. The second-order valence-electron chi connectivity index (χ2n) is 7.79. The number of nitrogens with one attached hydrogen (secondary N) is 1. The fourth-order valence-electron chi connectivity index (χ4n) is 2.92. The molecule has 1 amide bonds. The molecule has 2 aromatic heterocycles. The number of nitrogens with zero attached hydrogens (tertiary/aromatic N) is 2. The first-order chi connectivity index (χ1) is 16.0. The van der Waals surface area contributed by atoms with Crippen molar-refractivity contribution in [1.29, 1.82) is 0 Å². The maximum Gasteiger partial charge on any atom is 0.279 e. The van der Waals surface area contributed by atoms with Gasteiger partial charge in [-0.25, -0.2) is 4.98 Å². The third-order valence-corrected chi connectivity index (χ3v) is 6.07. The molecule has 1 aliphatic rings. The van der Waals surface area contributed by atoms with E-state index in [4.69, 9.17) is 26.2 Å². The van der Waals surface area contributed by atoms with Crippen LogP contribution in [0.4, 0.5) is 0 Å². The zero-order chi connectivity index (χ0) is 23.2. The predicted octanol–water partition coefficient (Wildman–Crippen LogP) is 5.10. The number of amides is 1. The van der Waals surface area contributed by atoms with E-state index in [1.54, 1.807) is 30.5 Å². The van der Waals surface area contributed by atoms with Gasteiger partial charge in [-0.2, -0.15) is 0 Å². The van der Waals surface area contributed by atoms with Crippen LogP contribution in [0, 0.1) is 5.92 Å². The van der Waals surface area contributed by atoms with Gasteiger partial charge < -0.3 is 19.9 Å². The first-order valence-corrected chi connectivity index (χ1v) is 11.8. The van der Waals surface area contributed by atoms with Crippen molar-refractivity contribution in [2.75, 3.05) is 6.61 Å². The zero-order valence-electron chi connectivity index (χ0n) is 18.0. The third kappa shape index (κ3) is 6.77. The number of halogens is 1. The lowest BCUT2D eigenvalue weighted by Gasteiger charge is -2.10. The molecule has 172 valence electrons. The average Bonchev–Trinajstić information content (AvgIpc) is 3.55. The Bertz CT molecular complexity index is 1150. The number of ether oxygens (including phenoxy) is 2. The Kier molecular flexibility index (Phi) is 7.59. The summed E-state index contributed by atoms with van der Waals surface area (Å²) >= 11 is 7.70. The monoisotopic (exact) mass is 485 g/mol. The van der Waals surface area contributed by atoms with Crippen molar-refractivity contribution < 1.29 is 19.4 Å². The van der Waals surface area contributed by atoms with Crippen LogP contribution in [-0.2, 0) is 6.61 Å². The summed E-state index contributed by atoms with van der Waals surface area (Å²) in [5.74, 6) is 1.68. The van der Waals surface area contributed by atoms with Crippen molar-refractivity contribution in [2.45, 2.75) is 32.4 Å². The molecular weight excluding hydrogens is 462 g/mol. The van der Waals surface area contributed by atoms with E-state index >= 15 is 0 Å². The number of aromatic nitrogens is 2. The number of hydrogen-bond donors (Lipinski definition) is 2. The fourth-order valence-corrected chi connectivity index (χ4v) is 3.82. The number of thiazole rings is 1. The van der Waals surface area contributed by atoms with Crippen LogP contribution in [0.25, 0.3) is 6.08 Å². The minimum Gasteiger partial charge on any atom is -0.493 e. The summed E-state index contributed by atoms with van der Waals surface area (Å²) in [6.07, 6.45) is 9.40. The van der Waals surface area contributed by atoms with Crippen LogP contribution in [0.15, 0.2) is 48.8 Å². The molecule has 4 rings (SSSR count). The summed E-state index contributed by atoms with van der Waals surface area (Å²) in [6.45, 7) is 2.38. The Balaban J connectivity index is 1.30. The standard InChI is InChI=1S/C24H24ClN3O4S/c1-15(28-23(30)17-8-9-26-18(10-17)13-29)2-6-20-12-27-24(33-20)32-22-7-5-19(11-21(22)25)31-14-16-3-4-16/h2,5-12,15-16,29H,3-4,13-14H2,1H3,(H,28,30)/t15-/m0/s1. The fraction of sp³-hybridized carbons (Fsp3) is 0.292. The van der Waals surface area contributed by atoms with Crippen LogP contribution >= 0.6 is 22.9 Å². The van der Waals surface area contributed by atoms with Gasteiger partial charge in [0.2, 0.25) is 0 Å². The molecule has 2 heterocycles. The van der Waals surface area contributed by atoms with Gasteiger partial charge in [-0.3, -0.25) is 9.78 Å². The number of pyridine rings is 1. The highest BCUT2D eigenvalue weighted by atomic mass is 35.5. The molecule has 3 aromatic rings. The van der Waals surface area contributed by atoms with Gasteiger partial charge in [0.05, 0.1) is 28.8 Å². The van der Waals surface area contributed by atoms with Crippen LogP contribution < -0.4 is 14.8 Å². The van der Waals surface area contributed by atoms with Gasteiger partial charge in [0.15, 0.2) is 0 Å². The highest BCUT2D eigenvalue weighted by Crippen LogP contribution is 2.35. The Labute approximate surface area is 201 Å². The van der Waals surface area contributed by atoms with E-state index in [0.29, 0.717) is 33.1 Å². The number of carbonyl (C=O) groups is 1. The number of benzene rings is 1. The Morgan fingerprint density at radius 1 is 1.33 bits per heavy atom. The highest BCUT2D eigenvalue weighted by molar-refractivity contribution is 7.14. The largest absolute Gasteiger partial charge is 0.493 e. The maximum atomic E-state index is 12.4. The summed E-state index contributed by atoms with van der Waals surface area (Å²) in [6, 6.07) is 8.33. The summed E-state index contributed by atoms with van der Waals surface area (Å²) in [4.78, 5) is 21.5. The Morgan fingerprint density at radius 2 is 2.18 bits per heavy atom. The second kappa shape index (κ2) is 10.8. The normalized spacial score (nSPS) is 14.3. The van der Waals surface area contributed by atoms with E-state index in [1.165, 1.54) is 30.4 Å². The molecule has 2 N–H and O–H groups in total. The molecule has 33 heavy (non-hydrogen) atoms. The lowest BCUT2D eigenvalue weighted by Crippen LogP contribution is -2.31. The van der Waals surface area contributed by atoms with E-state index in [9.17, 15) is 4.79 Å². The van der Waals surface area contributed by atoms with Gasteiger partial charge in [-0.05, 0) is 56.0 Å². The number of hydrogen-bond acceptors (Lipinski definition) is 7. The first kappa shape index (κ1) is 23.2. The summed E-state index contributed by atoms with van der Waals surface area (Å²) in [7, 11) is 0. The maximum absolute atomic E-state index is 12.4. The van der Waals surface area contributed by atoms with Gasteiger partial charge in [0.1, 0.15) is 11.5 Å². The van der Waals surface area contributed by atoms with Crippen LogP contribution in [0.1, 0.15) is 40.7 Å². The average molecular weight is 486 g/mol. The molecule has 7 nitrogen and oxygen atoms in total. The van der Waals surface area contributed by atoms with Crippen LogP contribution in [-0.4, -0.2) is 33.6 Å². The molecule has 0 saturated heterocycles. The zero-order valence-corrected chi connectivity index (χ0v) is 19.6. The topological polar surface area (TPSA) is 93.6 Å². The molecule has 0 radical (unpaired) electrons. The molecule has 1 saturated carbocycles. The second-order valence-corrected chi connectivity index (χ2v) is 9.22. The van der Waals surface area contributed by atoms with Crippen molar-refractivity contribution in [3.8, 4) is 16.7 Å². The molecular formula is C24H24ClN3O4S. The summed E-state index contributed by atoms with van der Waals surface area (Å²) < 4.78 is 11.6. The van der Waals surface area contributed by atoms with E-state index in [2.05, 4.69) is 15.3 Å². The van der Waals surface area contributed by atoms with Crippen molar-refractivity contribution in [1.82, 2.24) is 15.3 Å². The molecule has 0 spiro atoms. The molecule has 1 atom stereocenters. The van der Waals surface area contributed by atoms with Crippen LogP contribution in [0.5, 0.6) is 16.7 Å². The molecule has 1 fully saturated rings. The van der Waals surface area contributed by atoms with Crippen molar-refractivity contribution in [3.63, 3.8) is 0 Å². The lowest BCUT2D eigenvalue weighted by atomic mass is 10.2. The number of aliphatic hydroxyl groups excluding tert-OH is 1. The van der Waals surface area contributed by atoms with Gasteiger partial charge in [0, 0.05) is 30.1 Å². The number of rotatable bonds is 10. The number of aliphatic hydroxyl groups is 1. The van der Waals surface area contributed by atoms with Gasteiger partial charge in [-0.1, -0.05) is 29.0 Å². The first-order valence-electron chi connectivity index (χ1n) is 10.6. The molecule has 1 aromatic carbocycles. The molecule has 0 aliphatic heterocycles. The van der Waals surface area contributed by atoms with Gasteiger partial charge in [-0.15, -0.1) is 0 Å². The van der Waals surface area contributed by atoms with E-state index in [-0.39, 0.29) is 18.6 Å². The minimum absolute atomic E-state index is 0.212. The van der Waals surface area contributed by atoms with Crippen molar-refractivity contribution in [2.24, 2.45) is 5.92 Å². The molecule has 1 aliphatic carbocycles. The van der Waals surface area contributed by atoms with E-state index in [0.717, 1.165) is 17.2 Å². The third-order valence-electron chi connectivity index (χ3n) is 4.93. The quantitative estimate of drug-likeness (QED) is 0.415. The Hall–Kier alpha value is -2.94. The molecule has 0 unspecified atom stereocenters. The molecule has 0 bridgehead atoms. The minimum atomic E-state index is -0.239. The number of carbonyl (C=O) groups excluding carboxylic acids is 1. The Morgan fingerprint density at radius 3 is 2.94 bits per heavy atom. The van der Waals surface area contributed by atoms with Gasteiger partial charge >= 0.3 is 0 Å². The predicted molar refractivity (Wildman–Crippen MR) is 128 cm³/mol. The summed E-state index contributed by atoms with van der Waals surface area (Å²) in [5.41, 5.74) is 0.896. The lowest BCUT2D eigenvalue weighted by molar-refractivity contribution is 0.0946.